The Morgan fingerprint density at radius 1 is 0.950 bits per heavy atom. The van der Waals surface area contributed by atoms with E-state index in [-0.39, 0.29) is 11.6 Å². The van der Waals surface area contributed by atoms with Crippen molar-refractivity contribution in [3.63, 3.8) is 0 Å². The maximum Gasteiger partial charge on any atom is 0.269 e. The predicted octanol–water partition coefficient (Wildman–Crippen LogP) is 5.89. The summed E-state index contributed by atoms with van der Waals surface area (Å²) < 4.78 is 1.87. The van der Waals surface area contributed by atoms with Crippen molar-refractivity contribution >= 4 is 23.4 Å². The Hall–Kier alpha value is -4.83. The number of hydrogen-bond donors (Lipinski definition) is 1. The fraction of sp³-hybridized carbons (Fsp3) is 0.133. The summed E-state index contributed by atoms with van der Waals surface area (Å²) in [6, 6.07) is 27.1. The smallest absolute Gasteiger partial charge is 0.269 e. The highest BCUT2D eigenvalue weighted by Crippen LogP contribution is 2.30. The number of carbonyl (C=O) groups is 1. The molecule has 0 saturated carbocycles. The quantitative estimate of drug-likeness (QED) is 0.131. The molecular weight excluding hydrogens is 524 g/mol. The second-order valence-corrected chi connectivity index (χ2v) is 10.1. The summed E-state index contributed by atoms with van der Waals surface area (Å²) in [7, 11) is 0. The van der Waals surface area contributed by atoms with E-state index in [1.165, 1.54) is 23.9 Å². The van der Waals surface area contributed by atoms with Crippen LogP contribution in [0.4, 0.5) is 5.69 Å². The number of amides is 1. The van der Waals surface area contributed by atoms with Crippen LogP contribution in [0.25, 0.3) is 5.69 Å². The molecule has 10 heteroatoms. The van der Waals surface area contributed by atoms with Crippen LogP contribution in [0, 0.1) is 17.0 Å². The summed E-state index contributed by atoms with van der Waals surface area (Å²) in [6.07, 6.45) is 3.60. The average molecular weight is 551 g/mol. The van der Waals surface area contributed by atoms with Crippen molar-refractivity contribution in [2.75, 3.05) is 0 Å². The molecule has 0 radical (unpaired) electrons. The Labute approximate surface area is 235 Å². The van der Waals surface area contributed by atoms with Gasteiger partial charge >= 0.3 is 0 Å². The van der Waals surface area contributed by atoms with Crippen LogP contribution >= 0.6 is 11.8 Å². The Balaban J connectivity index is 1.55. The third kappa shape index (κ3) is 6.41. The third-order valence-electron chi connectivity index (χ3n) is 6.27. The largest absolute Gasteiger partial charge is 0.342 e. The Kier molecular flexibility index (Phi) is 8.26. The van der Waals surface area contributed by atoms with Crippen molar-refractivity contribution in [3.05, 3.63) is 142 Å². The van der Waals surface area contributed by atoms with Gasteiger partial charge in [0.05, 0.1) is 11.0 Å². The average Bonchev–Trinajstić information content (AvgIpc) is 3.41. The van der Waals surface area contributed by atoms with Crippen molar-refractivity contribution in [1.82, 2.24) is 25.1 Å². The molecule has 2 aromatic heterocycles. The van der Waals surface area contributed by atoms with Gasteiger partial charge in [0.25, 0.3) is 11.6 Å². The number of aromatic nitrogens is 4. The second-order valence-electron chi connectivity index (χ2n) is 9.18. The molecule has 3 aromatic carbocycles. The van der Waals surface area contributed by atoms with Crippen LogP contribution in [0.2, 0.25) is 0 Å². The number of benzene rings is 3. The van der Waals surface area contributed by atoms with Crippen molar-refractivity contribution < 1.29 is 9.72 Å². The van der Waals surface area contributed by atoms with Gasteiger partial charge in [-0.3, -0.25) is 24.5 Å². The first-order chi connectivity index (χ1) is 19.5. The van der Waals surface area contributed by atoms with Crippen molar-refractivity contribution in [2.24, 2.45) is 0 Å². The summed E-state index contributed by atoms with van der Waals surface area (Å²) in [6.45, 7) is 2.05. The number of carbonyl (C=O) groups excluding carboxylic acids is 1. The summed E-state index contributed by atoms with van der Waals surface area (Å²) in [5.41, 5.74) is 4.43. The van der Waals surface area contributed by atoms with Gasteiger partial charge in [-0.15, -0.1) is 10.2 Å². The number of rotatable bonds is 10. The number of hydrogen-bond acceptors (Lipinski definition) is 7. The van der Waals surface area contributed by atoms with Crippen molar-refractivity contribution in [2.45, 2.75) is 30.3 Å². The minimum absolute atomic E-state index is 0.0147. The lowest BCUT2D eigenvalue weighted by Crippen LogP contribution is -2.32. The van der Waals surface area contributed by atoms with Crippen LogP contribution < -0.4 is 5.32 Å². The minimum atomic E-state index is -0.543. The van der Waals surface area contributed by atoms with E-state index in [0.717, 1.165) is 16.7 Å². The van der Waals surface area contributed by atoms with E-state index >= 15 is 0 Å². The van der Waals surface area contributed by atoms with E-state index in [1.54, 1.807) is 36.7 Å². The molecule has 0 spiro atoms. The lowest BCUT2D eigenvalue weighted by Gasteiger charge is -2.20. The van der Waals surface area contributed by atoms with E-state index in [1.807, 2.05) is 54.0 Å². The molecule has 5 rings (SSSR count). The molecule has 1 unspecified atom stereocenters. The minimum Gasteiger partial charge on any atom is -0.342 e. The maximum absolute atomic E-state index is 13.3. The summed E-state index contributed by atoms with van der Waals surface area (Å²) in [5.74, 6) is 0.905. The SMILES string of the molecule is Cc1cccc(CSc2nnc(C(Cc3ccccc3)NC(=O)c3ccncc3)n2-c2ccc([N+](=O)[O-])cc2)c1. The van der Waals surface area contributed by atoms with Gasteiger partial charge in [0, 0.05) is 41.5 Å². The molecule has 0 bridgehead atoms. The van der Waals surface area contributed by atoms with Crippen molar-refractivity contribution in [3.8, 4) is 5.69 Å². The fourth-order valence-corrected chi connectivity index (χ4v) is 5.22. The molecule has 5 aromatic rings. The van der Waals surface area contributed by atoms with E-state index in [0.29, 0.717) is 34.4 Å². The van der Waals surface area contributed by atoms with Gasteiger partial charge < -0.3 is 5.32 Å². The van der Waals surface area contributed by atoms with Gasteiger partial charge in [0.1, 0.15) is 0 Å². The monoisotopic (exact) mass is 550 g/mol. The maximum atomic E-state index is 13.3. The van der Waals surface area contributed by atoms with Gasteiger partial charge in [0.2, 0.25) is 0 Å². The summed E-state index contributed by atoms with van der Waals surface area (Å²) >= 11 is 1.51. The highest BCUT2D eigenvalue weighted by molar-refractivity contribution is 7.98. The number of non-ortho nitro benzene ring substituents is 1. The summed E-state index contributed by atoms with van der Waals surface area (Å²) in [4.78, 5) is 28.1. The van der Waals surface area contributed by atoms with E-state index in [9.17, 15) is 14.9 Å². The first kappa shape index (κ1) is 26.8. The van der Waals surface area contributed by atoms with Gasteiger partial charge in [-0.05, 0) is 48.7 Å². The second kappa shape index (κ2) is 12.4. The van der Waals surface area contributed by atoms with Crippen LogP contribution in [-0.4, -0.2) is 30.6 Å². The highest BCUT2D eigenvalue weighted by Gasteiger charge is 2.26. The lowest BCUT2D eigenvalue weighted by atomic mass is 10.0. The van der Waals surface area contributed by atoms with E-state index in [4.69, 9.17) is 0 Å². The molecule has 200 valence electrons. The molecule has 0 aliphatic carbocycles. The molecule has 1 atom stereocenters. The molecule has 9 nitrogen and oxygen atoms in total. The number of aryl methyl sites for hydroxylation is 1. The zero-order valence-corrected chi connectivity index (χ0v) is 22.5. The lowest BCUT2D eigenvalue weighted by molar-refractivity contribution is -0.384. The van der Waals surface area contributed by atoms with Crippen LogP contribution in [0.3, 0.4) is 0 Å². The number of nitro benzene ring substituents is 1. The number of nitro groups is 1. The zero-order valence-electron chi connectivity index (χ0n) is 21.7. The normalized spacial score (nSPS) is 11.6. The molecule has 0 aliphatic rings. The molecule has 0 fully saturated rings. The molecular formula is C30H26N6O3S. The molecule has 1 amide bonds. The van der Waals surface area contributed by atoms with Gasteiger partial charge in [-0.25, -0.2) is 0 Å². The van der Waals surface area contributed by atoms with Crippen LogP contribution in [-0.2, 0) is 12.2 Å². The van der Waals surface area contributed by atoms with Gasteiger partial charge in [-0.2, -0.15) is 0 Å². The Morgan fingerprint density at radius 2 is 1.68 bits per heavy atom. The number of pyridine rings is 1. The molecule has 2 heterocycles. The Bertz CT molecular complexity index is 1610. The summed E-state index contributed by atoms with van der Waals surface area (Å²) in [5, 5.41) is 24.1. The number of nitrogens with one attached hydrogen (secondary N) is 1. The first-order valence-electron chi connectivity index (χ1n) is 12.6. The van der Waals surface area contributed by atoms with Crippen LogP contribution in [0.15, 0.2) is 109 Å². The molecule has 40 heavy (non-hydrogen) atoms. The predicted molar refractivity (Wildman–Crippen MR) is 153 cm³/mol. The van der Waals surface area contributed by atoms with E-state index < -0.39 is 11.0 Å². The first-order valence-corrected chi connectivity index (χ1v) is 13.6. The standard InChI is InChI=1S/C30H26N6O3S/c1-21-6-5-9-23(18-21)20-40-30-34-33-28(35(30)25-10-12-26(13-11-25)36(38)39)27(19-22-7-3-2-4-8-22)32-29(37)24-14-16-31-17-15-24/h2-18,27H,19-20H2,1H3,(H,32,37). The molecule has 0 saturated heterocycles. The van der Waals surface area contributed by atoms with Crippen LogP contribution in [0.5, 0.6) is 0 Å². The van der Waals surface area contributed by atoms with E-state index in [2.05, 4.69) is 32.6 Å². The number of nitrogens with zero attached hydrogens (tertiary/aromatic N) is 5. The Morgan fingerprint density at radius 3 is 2.38 bits per heavy atom. The third-order valence-corrected chi connectivity index (χ3v) is 7.27. The zero-order chi connectivity index (χ0) is 27.9. The molecule has 0 aliphatic heterocycles. The molecule has 1 N–H and O–H groups in total. The highest BCUT2D eigenvalue weighted by atomic mass is 32.2. The topological polar surface area (TPSA) is 116 Å². The van der Waals surface area contributed by atoms with Gasteiger partial charge in [-0.1, -0.05) is 71.9 Å². The van der Waals surface area contributed by atoms with Crippen LogP contribution in [0.1, 0.15) is 38.9 Å². The van der Waals surface area contributed by atoms with Crippen molar-refractivity contribution in [1.29, 1.82) is 0 Å². The number of thioether (sulfide) groups is 1. The fourth-order valence-electron chi connectivity index (χ4n) is 4.32. The van der Waals surface area contributed by atoms with Gasteiger partial charge in [0.15, 0.2) is 11.0 Å².